The molecule has 1 amide bonds. The maximum Gasteiger partial charge on any atom is 0.251 e. The number of rotatable bonds is 8. The molecule has 0 saturated carbocycles. The molecule has 5 rings (SSSR count). The summed E-state index contributed by atoms with van der Waals surface area (Å²) >= 11 is 0. The fourth-order valence-corrected chi connectivity index (χ4v) is 4.96. The molecule has 9 nitrogen and oxygen atoms in total. The maximum atomic E-state index is 13.0. The van der Waals surface area contributed by atoms with Crippen molar-refractivity contribution >= 4 is 16.8 Å². The molecule has 9 heteroatoms. The molecule has 190 valence electrons. The van der Waals surface area contributed by atoms with Crippen LogP contribution in [-0.4, -0.2) is 62.0 Å². The average Bonchev–Trinajstić information content (AvgIpc) is 3.39. The van der Waals surface area contributed by atoms with Gasteiger partial charge >= 0.3 is 0 Å². The van der Waals surface area contributed by atoms with Gasteiger partial charge in [0.2, 0.25) is 6.79 Å². The number of nitrogens with one attached hydrogen (secondary N) is 2. The van der Waals surface area contributed by atoms with Crippen molar-refractivity contribution in [3.63, 3.8) is 0 Å². The Balaban J connectivity index is 1.20. The van der Waals surface area contributed by atoms with Crippen LogP contribution in [0.3, 0.4) is 0 Å². The molecule has 3 aromatic rings. The first-order valence-electron chi connectivity index (χ1n) is 12.3. The van der Waals surface area contributed by atoms with Crippen molar-refractivity contribution in [1.82, 2.24) is 20.1 Å². The van der Waals surface area contributed by atoms with E-state index < -0.39 is 0 Å². The van der Waals surface area contributed by atoms with E-state index in [9.17, 15) is 9.59 Å². The number of carbonyl (C=O) groups excluding carboxylic acids is 1. The summed E-state index contributed by atoms with van der Waals surface area (Å²) in [5, 5.41) is 7.02. The SMILES string of the molecule is CNC(=O)c1cc(=O)n(CCN2CCC(NCc3ccc4c(c3)OCO4)CC2)c2cc(OC)ccc12. The van der Waals surface area contributed by atoms with Crippen LogP contribution in [0.2, 0.25) is 0 Å². The Morgan fingerprint density at radius 3 is 2.64 bits per heavy atom. The van der Waals surface area contributed by atoms with Crippen molar-refractivity contribution in [2.24, 2.45) is 0 Å². The molecule has 0 bridgehead atoms. The van der Waals surface area contributed by atoms with E-state index in [-0.39, 0.29) is 11.5 Å². The van der Waals surface area contributed by atoms with E-state index in [1.807, 2.05) is 30.3 Å². The summed E-state index contributed by atoms with van der Waals surface area (Å²) in [6, 6.07) is 13.4. The summed E-state index contributed by atoms with van der Waals surface area (Å²) < 4.78 is 18.0. The molecule has 0 atom stereocenters. The molecule has 0 unspecified atom stereocenters. The number of amides is 1. The second-order valence-electron chi connectivity index (χ2n) is 9.19. The smallest absolute Gasteiger partial charge is 0.251 e. The number of fused-ring (bicyclic) bond motifs is 2. The molecular weight excluding hydrogens is 460 g/mol. The van der Waals surface area contributed by atoms with Crippen LogP contribution in [0.25, 0.3) is 10.9 Å². The molecular formula is C27H32N4O5. The molecule has 0 aliphatic carbocycles. The molecule has 3 heterocycles. The molecule has 36 heavy (non-hydrogen) atoms. The Morgan fingerprint density at radius 1 is 1.06 bits per heavy atom. The van der Waals surface area contributed by atoms with Gasteiger partial charge in [0.25, 0.3) is 11.5 Å². The first kappa shape index (κ1) is 24.1. The lowest BCUT2D eigenvalue weighted by atomic mass is 10.0. The number of pyridine rings is 1. The molecule has 2 N–H and O–H groups in total. The van der Waals surface area contributed by atoms with Gasteiger partial charge in [-0.2, -0.15) is 0 Å². The molecule has 1 saturated heterocycles. The van der Waals surface area contributed by atoms with Crippen LogP contribution >= 0.6 is 0 Å². The highest BCUT2D eigenvalue weighted by molar-refractivity contribution is 6.06. The van der Waals surface area contributed by atoms with Crippen LogP contribution in [-0.2, 0) is 13.1 Å². The zero-order chi connectivity index (χ0) is 25.1. The number of benzene rings is 2. The number of aromatic nitrogens is 1. The van der Waals surface area contributed by atoms with Gasteiger partial charge in [-0.15, -0.1) is 0 Å². The van der Waals surface area contributed by atoms with Crippen LogP contribution in [0, 0.1) is 0 Å². The van der Waals surface area contributed by atoms with Crippen molar-refractivity contribution < 1.29 is 19.0 Å². The number of likely N-dealkylation sites (tertiary alicyclic amines) is 1. The molecule has 2 aliphatic rings. The molecule has 2 aromatic carbocycles. The number of piperidine rings is 1. The Hall–Kier alpha value is -3.56. The third-order valence-corrected chi connectivity index (χ3v) is 7.05. The van der Waals surface area contributed by atoms with Gasteiger partial charge in [-0.3, -0.25) is 9.59 Å². The molecule has 0 spiro atoms. The first-order valence-corrected chi connectivity index (χ1v) is 12.3. The number of hydrogen-bond donors (Lipinski definition) is 2. The lowest BCUT2D eigenvalue weighted by Crippen LogP contribution is -2.43. The fourth-order valence-electron chi connectivity index (χ4n) is 4.96. The second-order valence-corrected chi connectivity index (χ2v) is 9.19. The number of nitrogens with zero attached hydrogens (tertiary/aromatic N) is 2. The summed E-state index contributed by atoms with van der Waals surface area (Å²) in [7, 11) is 3.16. The Morgan fingerprint density at radius 2 is 1.86 bits per heavy atom. The van der Waals surface area contributed by atoms with Crippen molar-refractivity contribution in [2.45, 2.75) is 32.0 Å². The lowest BCUT2D eigenvalue weighted by molar-refractivity contribution is 0.0964. The van der Waals surface area contributed by atoms with Crippen LogP contribution in [0.1, 0.15) is 28.8 Å². The zero-order valence-corrected chi connectivity index (χ0v) is 20.7. The minimum absolute atomic E-state index is 0.186. The van der Waals surface area contributed by atoms with Crippen molar-refractivity contribution in [2.75, 3.05) is 40.6 Å². The summed E-state index contributed by atoms with van der Waals surface area (Å²) in [4.78, 5) is 27.7. The number of ether oxygens (including phenoxy) is 3. The van der Waals surface area contributed by atoms with Crippen LogP contribution in [0.15, 0.2) is 47.3 Å². The van der Waals surface area contributed by atoms with E-state index in [2.05, 4.69) is 21.6 Å². The van der Waals surface area contributed by atoms with E-state index in [0.29, 0.717) is 36.2 Å². The highest BCUT2D eigenvalue weighted by Gasteiger charge is 2.21. The largest absolute Gasteiger partial charge is 0.497 e. The summed E-state index contributed by atoms with van der Waals surface area (Å²) in [6.07, 6.45) is 2.09. The van der Waals surface area contributed by atoms with Gasteiger partial charge in [-0.25, -0.2) is 0 Å². The highest BCUT2D eigenvalue weighted by Crippen LogP contribution is 2.32. The Labute approximate surface area is 209 Å². The van der Waals surface area contributed by atoms with Gasteiger partial charge in [-0.05, 0) is 55.8 Å². The molecule has 1 aromatic heterocycles. The average molecular weight is 493 g/mol. The highest BCUT2D eigenvalue weighted by atomic mass is 16.7. The number of hydrogen-bond acceptors (Lipinski definition) is 7. The minimum Gasteiger partial charge on any atom is -0.497 e. The van der Waals surface area contributed by atoms with Crippen LogP contribution < -0.4 is 30.4 Å². The Bertz CT molecular complexity index is 1310. The molecule has 1 fully saturated rings. The van der Waals surface area contributed by atoms with Crippen LogP contribution in [0.5, 0.6) is 17.2 Å². The van der Waals surface area contributed by atoms with Crippen molar-refractivity contribution in [3.8, 4) is 17.2 Å². The molecule has 0 radical (unpaired) electrons. The number of methoxy groups -OCH3 is 1. The number of carbonyl (C=O) groups is 1. The maximum absolute atomic E-state index is 13.0. The van der Waals surface area contributed by atoms with Crippen molar-refractivity contribution in [1.29, 1.82) is 0 Å². The zero-order valence-electron chi connectivity index (χ0n) is 20.7. The summed E-state index contributed by atoms with van der Waals surface area (Å²) in [6.45, 7) is 4.32. The first-order chi connectivity index (χ1) is 17.6. The lowest BCUT2D eigenvalue weighted by Gasteiger charge is -2.32. The molecule has 2 aliphatic heterocycles. The minimum atomic E-state index is -0.273. The van der Waals surface area contributed by atoms with Gasteiger partial charge < -0.3 is 34.3 Å². The monoisotopic (exact) mass is 492 g/mol. The standard InChI is InChI=1S/C27H32N4O5/c1-28-27(33)22-15-26(32)31(23-14-20(34-2)4-5-21(22)23)12-11-30-9-7-19(8-10-30)29-16-18-3-6-24-25(13-18)36-17-35-24/h3-6,13-15,19,29H,7-12,16-17H2,1-2H3,(H,28,33). The van der Waals surface area contributed by atoms with Crippen LogP contribution in [0.4, 0.5) is 0 Å². The van der Waals surface area contributed by atoms with E-state index in [0.717, 1.165) is 55.9 Å². The predicted octanol–water partition coefficient (Wildman–Crippen LogP) is 2.35. The quantitative estimate of drug-likeness (QED) is 0.499. The summed E-state index contributed by atoms with van der Waals surface area (Å²) in [5.74, 6) is 2.00. The van der Waals surface area contributed by atoms with E-state index >= 15 is 0 Å². The van der Waals surface area contributed by atoms with Gasteiger partial charge in [0.1, 0.15) is 5.75 Å². The van der Waals surface area contributed by atoms with Gasteiger partial charge in [0, 0.05) is 50.2 Å². The van der Waals surface area contributed by atoms with E-state index in [1.54, 1.807) is 18.7 Å². The van der Waals surface area contributed by atoms with Crippen molar-refractivity contribution in [3.05, 3.63) is 63.9 Å². The van der Waals surface area contributed by atoms with E-state index in [1.165, 1.54) is 11.6 Å². The third-order valence-electron chi connectivity index (χ3n) is 7.05. The van der Waals surface area contributed by atoms with E-state index in [4.69, 9.17) is 14.2 Å². The third kappa shape index (κ3) is 5.03. The fraction of sp³-hybridized carbons (Fsp3) is 0.407. The normalized spacial score (nSPS) is 15.8. The second kappa shape index (κ2) is 10.6. The summed E-state index contributed by atoms with van der Waals surface area (Å²) in [5.41, 5.74) is 2.09. The topological polar surface area (TPSA) is 94.1 Å². The van der Waals surface area contributed by atoms with Gasteiger partial charge in [-0.1, -0.05) is 6.07 Å². The predicted molar refractivity (Wildman–Crippen MR) is 137 cm³/mol. The van der Waals surface area contributed by atoms with Gasteiger partial charge in [0.15, 0.2) is 11.5 Å². The Kier molecular flexibility index (Phi) is 7.11. The van der Waals surface area contributed by atoms with Gasteiger partial charge in [0.05, 0.1) is 18.2 Å².